The van der Waals surface area contributed by atoms with Gasteiger partial charge in [0, 0.05) is 12.6 Å². The van der Waals surface area contributed by atoms with E-state index in [1.165, 1.54) is 17.7 Å². The number of nitrogens with zero attached hydrogens (tertiary/aromatic N) is 5. The summed E-state index contributed by atoms with van der Waals surface area (Å²) >= 11 is 0.899. The van der Waals surface area contributed by atoms with Gasteiger partial charge in [-0.2, -0.15) is 5.21 Å². The Balaban J connectivity index is 1.83. The van der Waals surface area contributed by atoms with Gasteiger partial charge in [-0.3, -0.25) is 13.9 Å². The number of nitrogens with one attached hydrogen (secondary N) is 1. The van der Waals surface area contributed by atoms with Crippen LogP contribution in [0, 0.1) is 0 Å². The normalized spacial score (nSPS) is 11.1. The van der Waals surface area contributed by atoms with Crippen molar-refractivity contribution in [2.75, 3.05) is 0 Å². The molecule has 0 aliphatic heterocycles. The fourth-order valence-electron chi connectivity index (χ4n) is 2.80. The lowest BCUT2D eigenvalue weighted by Gasteiger charge is -2.09. The zero-order valence-electron chi connectivity index (χ0n) is 13.9. The number of benzene rings is 1. The molecule has 0 radical (unpaired) electrons. The van der Waals surface area contributed by atoms with E-state index in [1.54, 1.807) is 24.3 Å². The molecule has 4 aromatic rings. The average Bonchev–Trinajstić information content (AvgIpc) is 3.33. The zero-order valence-corrected chi connectivity index (χ0v) is 14.7. The molecule has 0 saturated heterocycles. The smallest absolute Gasteiger partial charge is 0.345 e. The number of carboxylic acid groups (broad SMARTS) is 1. The molecular weight excluding hydrogens is 372 g/mol. The molecule has 3 aromatic heterocycles. The summed E-state index contributed by atoms with van der Waals surface area (Å²) < 4.78 is 2.37. The maximum absolute atomic E-state index is 12.8. The molecule has 2 N–H and O–H groups in total. The van der Waals surface area contributed by atoms with Gasteiger partial charge in [0.05, 0.1) is 11.9 Å². The Morgan fingerprint density at radius 1 is 1.30 bits per heavy atom. The van der Waals surface area contributed by atoms with Gasteiger partial charge in [0.2, 0.25) is 5.82 Å². The first kappa shape index (κ1) is 16.8. The summed E-state index contributed by atoms with van der Waals surface area (Å²) in [5.41, 5.74) is 0.346. The number of carbonyl (C=O) groups is 1. The molecule has 0 aliphatic carbocycles. The lowest BCUT2D eigenvalue weighted by Crippen LogP contribution is -2.38. The van der Waals surface area contributed by atoms with Crippen molar-refractivity contribution in [3.8, 4) is 11.4 Å². The highest BCUT2D eigenvalue weighted by Crippen LogP contribution is 2.22. The average molecular weight is 384 g/mol. The highest BCUT2D eigenvalue weighted by Gasteiger charge is 2.17. The van der Waals surface area contributed by atoms with Crippen molar-refractivity contribution in [3.05, 3.63) is 61.6 Å². The van der Waals surface area contributed by atoms with Crippen molar-refractivity contribution < 1.29 is 9.90 Å². The van der Waals surface area contributed by atoms with E-state index in [0.29, 0.717) is 21.8 Å². The molecule has 0 saturated carbocycles. The van der Waals surface area contributed by atoms with Gasteiger partial charge in [-0.15, -0.1) is 21.5 Å². The zero-order chi connectivity index (χ0) is 19.1. The van der Waals surface area contributed by atoms with E-state index < -0.39 is 17.2 Å². The molecule has 11 heteroatoms. The molecular formula is C16H12N6O4S. The topological polar surface area (TPSA) is 136 Å². The van der Waals surface area contributed by atoms with Gasteiger partial charge in [0.25, 0.3) is 5.56 Å². The summed E-state index contributed by atoms with van der Waals surface area (Å²) in [5, 5.41) is 23.1. The first-order valence-corrected chi connectivity index (χ1v) is 8.57. The van der Waals surface area contributed by atoms with Crippen LogP contribution >= 0.6 is 11.3 Å². The van der Waals surface area contributed by atoms with Crippen LogP contribution in [0.3, 0.4) is 0 Å². The van der Waals surface area contributed by atoms with Gasteiger partial charge < -0.3 is 5.11 Å². The van der Waals surface area contributed by atoms with Gasteiger partial charge in [0.1, 0.15) is 9.71 Å². The quantitative estimate of drug-likeness (QED) is 0.528. The largest absolute Gasteiger partial charge is 0.477 e. The number of aromatic nitrogens is 6. The molecule has 0 fully saturated rings. The molecule has 0 amide bonds. The van der Waals surface area contributed by atoms with Crippen LogP contribution in [0.15, 0.2) is 39.9 Å². The maximum atomic E-state index is 12.8. The predicted molar refractivity (Wildman–Crippen MR) is 97.0 cm³/mol. The molecule has 10 nitrogen and oxygen atoms in total. The Morgan fingerprint density at radius 3 is 2.81 bits per heavy atom. The van der Waals surface area contributed by atoms with E-state index >= 15 is 0 Å². The minimum absolute atomic E-state index is 0.00829. The third-order valence-electron chi connectivity index (χ3n) is 4.09. The number of carboxylic acids is 1. The van der Waals surface area contributed by atoms with Crippen molar-refractivity contribution >= 4 is 27.5 Å². The lowest BCUT2D eigenvalue weighted by atomic mass is 10.1. The lowest BCUT2D eigenvalue weighted by molar-refractivity contribution is 0.0702. The molecule has 27 heavy (non-hydrogen) atoms. The first-order valence-electron chi connectivity index (χ1n) is 7.75. The maximum Gasteiger partial charge on any atom is 0.345 e. The molecule has 0 spiro atoms. The summed E-state index contributed by atoms with van der Waals surface area (Å²) in [5.74, 6) is -0.737. The van der Waals surface area contributed by atoms with E-state index in [9.17, 15) is 14.4 Å². The van der Waals surface area contributed by atoms with Gasteiger partial charge in [-0.25, -0.2) is 9.59 Å². The second kappa shape index (κ2) is 6.29. The van der Waals surface area contributed by atoms with E-state index in [4.69, 9.17) is 5.11 Å². The molecule has 1 aromatic carbocycles. The van der Waals surface area contributed by atoms with Crippen molar-refractivity contribution in [2.45, 2.75) is 6.54 Å². The number of aromatic amines is 1. The van der Waals surface area contributed by atoms with Gasteiger partial charge in [-0.1, -0.05) is 18.2 Å². The molecule has 0 aliphatic rings. The van der Waals surface area contributed by atoms with Crippen LogP contribution < -0.4 is 11.2 Å². The number of tetrazole rings is 1. The van der Waals surface area contributed by atoms with Crippen molar-refractivity contribution in [1.82, 2.24) is 29.8 Å². The minimum atomic E-state index is -1.14. The Morgan fingerprint density at radius 2 is 2.11 bits per heavy atom. The van der Waals surface area contributed by atoms with Gasteiger partial charge in [-0.05, 0) is 22.9 Å². The fourth-order valence-corrected chi connectivity index (χ4v) is 3.75. The van der Waals surface area contributed by atoms with Crippen molar-refractivity contribution in [1.29, 1.82) is 0 Å². The summed E-state index contributed by atoms with van der Waals surface area (Å²) in [7, 11) is 1.51. The third-order valence-corrected chi connectivity index (χ3v) is 5.29. The number of rotatable bonds is 4. The first-order chi connectivity index (χ1) is 13.0. The Kier molecular flexibility index (Phi) is 3.92. The molecule has 136 valence electrons. The summed E-state index contributed by atoms with van der Waals surface area (Å²) in [6, 6.07) is 8.39. The highest BCUT2D eigenvalue weighted by atomic mass is 32.1. The van der Waals surface area contributed by atoms with Crippen LogP contribution in [0.25, 0.3) is 21.6 Å². The second-order valence-corrected chi connectivity index (χ2v) is 6.83. The summed E-state index contributed by atoms with van der Waals surface area (Å²) in [6.45, 7) is 0.0331. The number of hydrogen-bond donors (Lipinski definition) is 2. The van der Waals surface area contributed by atoms with Gasteiger partial charge in [0.15, 0.2) is 0 Å². The fraction of sp³-hybridized carbons (Fsp3) is 0.125. The Labute approximate surface area is 154 Å². The summed E-state index contributed by atoms with van der Waals surface area (Å²) in [4.78, 5) is 37.0. The van der Waals surface area contributed by atoms with Crippen LogP contribution in [0.1, 0.15) is 15.2 Å². The number of aromatic carboxylic acids is 1. The highest BCUT2D eigenvalue weighted by molar-refractivity contribution is 7.20. The number of thiophene rings is 1. The van der Waals surface area contributed by atoms with E-state index in [1.807, 2.05) is 0 Å². The molecule has 3 heterocycles. The molecule has 4 rings (SSSR count). The third kappa shape index (κ3) is 2.83. The number of aryl methyl sites for hydroxylation is 1. The molecule has 0 atom stereocenters. The van der Waals surface area contributed by atoms with Crippen molar-refractivity contribution in [3.63, 3.8) is 0 Å². The standard InChI is InChI=1S/C16H12N6O4S/c1-21-14-10(6-11(27-14)15(24)25)13(23)22(16(21)26)7-8-3-2-4-9(5-8)12-17-19-20-18-12/h2-6H,7H2,1H3,(H,24,25)(H,17,18,19,20). The predicted octanol–water partition coefficient (Wildman–Crippen LogP) is 0.688. The minimum Gasteiger partial charge on any atom is -0.477 e. The Bertz CT molecular complexity index is 1280. The van der Waals surface area contributed by atoms with Crippen LogP contribution in [0.2, 0.25) is 0 Å². The monoisotopic (exact) mass is 384 g/mol. The SMILES string of the molecule is Cn1c(=O)n(Cc2cccc(-c3nn[nH]n3)c2)c(=O)c2cc(C(=O)O)sc21. The van der Waals surface area contributed by atoms with E-state index in [-0.39, 0.29) is 16.8 Å². The van der Waals surface area contributed by atoms with Crippen LogP contribution in [-0.2, 0) is 13.6 Å². The molecule has 0 unspecified atom stereocenters. The molecule has 0 bridgehead atoms. The number of fused-ring (bicyclic) bond motifs is 1. The van der Waals surface area contributed by atoms with E-state index in [2.05, 4.69) is 20.6 Å². The Hall–Kier alpha value is -3.60. The van der Waals surface area contributed by atoms with Crippen LogP contribution in [0.4, 0.5) is 0 Å². The number of hydrogen-bond acceptors (Lipinski definition) is 7. The summed E-state index contributed by atoms with van der Waals surface area (Å²) in [6.07, 6.45) is 0. The van der Waals surface area contributed by atoms with E-state index in [0.717, 1.165) is 15.9 Å². The van der Waals surface area contributed by atoms with Gasteiger partial charge >= 0.3 is 11.7 Å². The second-order valence-electron chi connectivity index (χ2n) is 5.80. The van der Waals surface area contributed by atoms with Crippen molar-refractivity contribution in [2.24, 2.45) is 7.05 Å². The van der Waals surface area contributed by atoms with Crippen LogP contribution in [-0.4, -0.2) is 40.8 Å². The number of H-pyrrole nitrogens is 1. The van der Waals surface area contributed by atoms with Crippen LogP contribution in [0.5, 0.6) is 0 Å².